The molecule has 6 rings (SSSR count). The molecule has 0 saturated carbocycles. The van der Waals surface area contributed by atoms with Gasteiger partial charge in [0, 0.05) is 37.8 Å². The molecule has 0 amide bonds. The number of benzene rings is 3. The van der Waals surface area contributed by atoms with E-state index in [0.717, 1.165) is 94.5 Å². The summed E-state index contributed by atoms with van der Waals surface area (Å²) in [5.74, 6) is 6.10. The van der Waals surface area contributed by atoms with Crippen molar-refractivity contribution in [2.24, 2.45) is 0 Å². The van der Waals surface area contributed by atoms with Crippen molar-refractivity contribution in [2.45, 2.75) is 257 Å². The number of nitrogens with zero attached hydrogens (tertiary/aromatic N) is 3. The molecule has 0 unspecified atom stereocenters. The lowest BCUT2D eigenvalue weighted by Gasteiger charge is -2.32. The fraction of sp³-hybridized carbons (Fsp3) is 0.714. The molecule has 3 aliphatic heterocycles. The predicted octanol–water partition coefficient (Wildman–Crippen LogP) is 14.3. The molecule has 16 heteroatoms. The molecule has 3 fully saturated rings. The van der Waals surface area contributed by atoms with Crippen LogP contribution in [0.15, 0.2) is 18.2 Å². The number of hydrogen-bond donors (Lipinski definition) is 0. The van der Waals surface area contributed by atoms with Gasteiger partial charge in [-0.1, -0.05) is 19.3 Å². The molecule has 3 heterocycles. The Bertz CT molecular complexity index is 2080. The van der Waals surface area contributed by atoms with Crippen molar-refractivity contribution in [3.63, 3.8) is 0 Å². The molecule has 0 aliphatic carbocycles. The Balaban J connectivity index is 1.73. The maximum absolute atomic E-state index is 7.52. The summed E-state index contributed by atoms with van der Waals surface area (Å²) in [4.78, 5) is 7.38. The molecule has 0 bridgehead atoms. The molecule has 0 aromatic heterocycles. The average molecular weight is 1100 g/mol. The van der Waals surface area contributed by atoms with E-state index in [-0.39, 0.29) is 54.9 Å². The first-order valence-electron chi connectivity index (χ1n) is 30.3. The summed E-state index contributed by atoms with van der Waals surface area (Å²) in [5, 5.41) is 0. The van der Waals surface area contributed by atoms with Gasteiger partial charge >= 0.3 is 7.32 Å². The highest BCUT2D eigenvalue weighted by Gasteiger charge is 2.40. The number of ether oxygens (including phenoxy) is 9. The van der Waals surface area contributed by atoms with Gasteiger partial charge in [0.2, 0.25) is 17.2 Å². The minimum atomic E-state index is -1.48. The van der Waals surface area contributed by atoms with E-state index in [1.807, 2.05) is 143 Å². The predicted molar refractivity (Wildman–Crippen MR) is 316 cm³/mol. The summed E-state index contributed by atoms with van der Waals surface area (Å²) >= 11 is 0. The first-order valence-corrected chi connectivity index (χ1v) is 30.3. The Morgan fingerprint density at radius 2 is 0.481 bits per heavy atom. The molecule has 3 aliphatic rings. The van der Waals surface area contributed by atoms with Crippen LogP contribution in [0.4, 0.5) is 0 Å². The Kier molecular flexibility index (Phi) is 24.3. The van der Waals surface area contributed by atoms with Crippen molar-refractivity contribution in [1.82, 2.24) is 14.7 Å². The quantitative estimate of drug-likeness (QED) is 0.0588. The van der Waals surface area contributed by atoms with Gasteiger partial charge in [-0.25, -0.2) is 0 Å². The molecular formula is C63H102BN3O12. The topological polar surface area (TPSA) is 120 Å². The Hall–Kier alpha value is -4.80. The van der Waals surface area contributed by atoms with E-state index in [4.69, 9.17) is 56.6 Å². The monoisotopic (exact) mass is 1100 g/mol. The maximum atomic E-state index is 7.52. The van der Waals surface area contributed by atoms with E-state index < -0.39 is 7.32 Å². The fourth-order valence-corrected chi connectivity index (χ4v) is 10.2. The van der Waals surface area contributed by atoms with E-state index in [0.29, 0.717) is 88.6 Å². The minimum absolute atomic E-state index is 0.186. The van der Waals surface area contributed by atoms with Crippen LogP contribution in [0.3, 0.4) is 0 Å². The normalized spacial score (nSPS) is 16.0. The summed E-state index contributed by atoms with van der Waals surface area (Å²) in [6, 6.07) is 5.77. The molecule has 3 aromatic rings. The van der Waals surface area contributed by atoms with Crippen molar-refractivity contribution in [3.8, 4) is 69.0 Å². The first-order chi connectivity index (χ1) is 37.5. The highest BCUT2D eigenvalue weighted by Crippen LogP contribution is 2.52. The van der Waals surface area contributed by atoms with Crippen LogP contribution in [-0.2, 0) is 19.6 Å². The van der Waals surface area contributed by atoms with Crippen molar-refractivity contribution in [3.05, 3.63) is 34.9 Å². The second kappa shape index (κ2) is 30.3. The van der Waals surface area contributed by atoms with E-state index >= 15 is 0 Å². The molecule has 3 aromatic carbocycles. The van der Waals surface area contributed by atoms with Crippen LogP contribution in [0.1, 0.15) is 199 Å². The van der Waals surface area contributed by atoms with Gasteiger partial charge in [0.15, 0.2) is 34.5 Å². The van der Waals surface area contributed by atoms with E-state index in [1.54, 1.807) is 0 Å². The zero-order valence-corrected chi connectivity index (χ0v) is 52.0. The third-order valence-electron chi connectivity index (χ3n) is 13.2. The van der Waals surface area contributed by atoms with Crippen molar-refractivity contribution in [1.29, 1.82) is 0 Å². The first kappa shape index (κ1) is 63.4. The van der Waals surface area contributed by atoms with E-state index in [2.05, 4.69) is 14.7 Å². The largest absolute Gasteiger partial charge is 0.864 e. The standard InChI is InChI=1S/C63H102BN3O12/c1-40(2)68-55-34-52(49(37-65-28-22-19-23-29-65)58(71-43(7)8)61(55)74-46(13)14)77-64(78-53-35-56(69-41(3)4)62(75-47(15)16)59(72-44(9)10)50(53)38-66-30-24-20-25-31-66)79-54-36-57(70-42(5)6)63(76-48(17)18)60(73-45(11)12)51(54)39-67-32-26-21-27-33-67/h34-36,40-48H,19-33,37-39H2,1-18H3. The summed E-state index contributed by atoms with van der Waals surface area (Å²) in [5.41, 5.74) is 2.38. The van der Waals surface area contributed by atoms with Gasteiger partial charge < -0.3 is 56.6 Å². The molecule has 444 valence electrons. The average Bonchev–Trinajstić information content (AvgIpc) is 3.38. The van der Waals surface area contributed by atoms with Crippen LogP contribution in [0, 0.1) is 0 Å². The summed E-state index contributed by atoms with van der Waals surface area (Å²) in [6.07, 6.45) is 8.22. The molecule has 0 N–H and O–H groups in total. The van der Waals surface area contributed by atoms with E-state index in [1.165, 1.54) is 19.3 Å². The highest BCUT2D eigenvalue weighted by molar-refractivity contribution is 6.39. The Morgan fingerprint density at radius 1 is 0.278 bits per heavy atom. The zero-order chi connectivity index (χ0) is 57.5. The molecule has 3 saturated heterocycles. The molecule has 0 atom stereocenters. The molecular weight excluding hydrogens is 1000 g/mol. The number of hydrogen-bond acceptors (Lipinski definition) is 15. The summed E-state index contributed by atoms with van der Waals surface area (Å²) < 4.78 is 83.5. The Labute approximate surface area is 477 Å². The lowest BCUT2D eigenvalue weighted by molar-refractivity contribution is 0.165. The van der Waals surface area contributed by atoms with Gasteiger partial charge in [0.1, 0.15) is 17.2 Å². The second-order valence-corrected chi connectivity index (χ2v) is 24.2. The van der Waals surface area contributed by atoms with Gasteiger partial charge in [0.05, 0.1) is 71.6 Å². The SMILES string of the molecule is CC(C)Oc1cc(OB(Oc2cc(OC(C)C)c(OC(C)C)c(OC(C)C)c2CN2CCCCC2)Oc2cc(OC(C)C)c(OC(C)C)c(OC(C)C)c2CN2CCCCC2)c(CN2CCCCC2)c(OC(C)C)c1OC(C)C. The fourth-order valence-electron chi connectivity index (χ4n) is 10.2. The zero-order valence-electron chi connectivity index (χ0n) is 52.0. The van der Waals surface area contributed by atoms with Gasteiger partial charge in [-0.3, -0.25) is 14.7 Å². The summed E-state index contributed by atoms with van der Waals surface area (Å²) in [6.45, 7) is 43.4. The van der Waals surface area contributed by atoms with Gasteiger partial charge in [0.25, 0.3) is 0 Å². The number of likely N-dealkylation sites (tertiary alicyclic amines) is 3. The molecule has 79 heavy (non-hydrogen) atoms. The smallest absolute Gasteiger partial charge is 0.489 e. The van der Waals surface area contributed by atoms with E-state index in [9.17, 15) is 0 Å². The lowest BCUT2D eigenvalue weighted by atomic mass is 10.0. The third kappa shape index (κ3) is 19.2. The molecule has 0 spiro atoms. The molecule has 15 nitrogen and oxygen atoms in total. The van der Waals surface area contributed by atoms with Crippen LogP contribution in [0.5, 0.6) is 69.0 Å². The Morgan fingerprint density at radius 3 is 0.684 bits per heavy atom. The van der Waals surface area contributed by atoms with Crippen LogP contribution >= 0.6 is 0 Å². The summed E-state index contributed by atoms with van der Waals surface area (Å²) in [7, 11) is -1.48. The number of rotatable bonds is 30. The maximum Gasteiger partial charge on any atom is 0.864 e. The highest BCUT2D eigenvalue weighted by atomic mass is 16.7. The minimum Gasteiger partial charge on any atom is -0.489 e. The van der Waals surface area contributed by atoms with Crippen LogP contribution in [0.2, 0.25) is 0 Å². The van der Waals surface area contributed by atoms with Crippen LogP contribution in [-0.4, -0.2) is 116 Å². The van der Waals surface area contributed by atoms with Gasteiger partial charge in [-0.2, -0.15) is 0 Å². The van der Waals surface area contributed by atoms with Crippen molar-refractivity contribution < 1.29 is 56.6 Å². The van der Waals surface area contributed by atoms with Gasteiger partial charge in [-0.15, -0.1) is 0 Å². The van der Waals surface area contributed by atoms with Crippen molar-refractivity contribution in [2.75, 3.05) is 39.3 Å². The third-order valence-corrected chi connectivity index (χ3v) is 13.2. The van der Waals surface area contributed by atoms with Crippen LogP contribution < -0.4 is 56.6 Å². The number of piperidine rings is 3. The van der Waals surface area contributed by atoms with Gasteiger partial charge in [-0.05, 0) is 202 Å². The second-order valence-electron chi connectivity index (χ2n) is 24.2. The van der Waals surface area contributed by atoms with Crippen LogP contribution in [0.25, 0.3) is 0 Å². The van der Waals surface area contributed by atoms with Crippen molar-refractivity contribution >= 4 is 7.32 Å². The molecule has 0 radical (unpaired) electrons. The lowest BCUT2D eigenvalue weighted by Crippen LogP contribution is -2.39.